The summed E-state index contributed by atoms with van der Waals surface area (Å²) in [7, 11) is 0. The topological polar surface area (TPSA) is 86.5 Å². The molecule has 0 aliphatic rings. The minimum atomic E-state index is -4.49. The number of hydrogen-bond acceptors (Lipinski definition) is 3. The van der Waals surface area contributed by atoms with Gasteiger partial charge in [-0.3, -0.25) is 15.0 Å². The fourth-order valence-electron chi connectivity index (χ4n) is 3.84. The summed E-state index contributed by atoms with van der Waals surface area (Å²) >= 11 is 0. The van der Waals surface area contributed by atoms with Crippen LogP contribution < -0.4 is 5.32 Å². The lowest BCUT2D eigenvalue weighted by atomic mass is 9.96. The molecule has 3 N–H and O–H groups in total. The van der Waals surface area contributed by atoms with Crippen molar-refractivity contribution >= 4 is 22.5 Å². The second-order valence-electron chi connectivity index (χ2n) is 7.88. The number of carbonyl (C=O) groups excluding carboxylic acids is 1. The van der Waals surface area contributed by atoms with E-state index in [-0.39, 0.29) is 5.69 Å². The molecule has 2 aromatic heterocycles. The molecule has 9 heteroatoms. The molecular formula is C25H18F3N5O. The Kier molecular flexibility index (Phi) is 5.16. The van der Waals surface area contributed by atoms with E-state index in [0.717, 1.165) is 51.0 Å². The molecule has 0 saturated heterocycles. The molecule has 0 atom stereocenters. The van der Waals surface area contributed by atoms with Gasteiger partial charge in [-0.25, -0.2) is 0 Å². The highest BCUT2D eigenvalue weighted by Gasteiger charge is 2.30. The highest BCUT2D eigenvalue weighted by Crippen LogP contribution is 2.32. The first-order valence-corrected chi connectivity index (χ1v) is 10.4. The monoisotopic (exact) mass is 461 g/mol. The standard InChI is InChI=1S/C25H18F3N5O/c1-14-5-6-16(24(34)31-19-4-2-3-18(11-19)25(26,27)28)9-21(14)15-7-8-20-22(10-15)32-33-23(20)17-12-29-30-13-17/h2-13H,1H3,(H,29,30)(H,31,34)(H,32,33). The van der Waals surface area contributed by atoms with Crippen molar-refractivity contribution < 1.29 is 18.0 Å². The molecular weight excluding hydrogens is 443 g/mol. The van der Waals surface area contributed by atoms with Crippen LogP contribution in [-0.2, 0) is 6.18 Å². The third-order valence-electron chi connectivity index (χ3n) is 5.59. The van der Waals surface area contributed by atoms with Gasteiger partial charge < -0.3 is 5.32 Å². The van der Waals surface area contributed by atoms with E-state index in [2.05, 4.69) is 25.7 Å². The predicted octanol–water partition coefficient (Wildman–Crippen LogP) is 6.20. The van der Waals surface area contributed by atoms with Crippen LogP contribution in [0.4, 0.5) is 18.9 Å². The number of benzene rings is 3. The molecule has 6 nitrogen and oxygen atoms in total. The zero-order chi connectivity index (χ0) is 23.9. The average molecular weight is 461 g/mol. The summed E-state index contributed by atoms with van der Waals surface area (Å²) in [5.74, 6) is -0.495. The van der Waals surface area contributed by atoms with E-state index >= 15 is 0 Å². The first-order valence-electron chi connectivity index (χ1n) is 10.4. The molecule has 0 aliphatic heterocycles. The quantitative estimate of drug-likeness (QED) is 0.298. The summed E-state index contributed by atoms with van der Waals surface area (Å²) in [5.41, 5.74) is 4.72. The van der Waals surface area contributed by atoms with Crippen molar-refractivity contribution in [2.45, 2.75) is 13.1 Å². The van der Waals surface area contributed by atoms with Gasteiger partial charge in [0.05, 0.1) is 17.3 Å². The van der Waals surface area contributed by atoms with Gasteiger partial charge in [-0.1, -0.05) is 18.2 Å². The zero-order valence-corrected chi connectivity index (χ0v) is 17.9. The van der Waals surface area contributed by atoms with Crippen molar-refractivity contribution in [3.8, 4) is 22.4 Å². The Balaban J connectivity index is 1.45. The minimum absolute atomic E-state index is 0.0765. The van der Waals surface area contributed by atoms with Gasteiger partial charge in [-0.05, 0) is 66.1 Å². The molecule has 0 fully saturated rings. The number of H-pyrrole nitrogens is 2. The molecule has 0 radical (unpaired) electrons. The average Bonchev–Trinajstić information content (AvgIpc) is 3.48. The third kappa shape index (κ3) is 4.03. The fraction of sp³-hybridized carbons (Fsp3) is 0.0800. The van der Waals surface area contributed by atoms with Crippen LogP contribution in [0.5, 0.6) is 0 Å². The number of hydrogen-bond donors (Lipinski definition) is 3. The molecule has 0 unspecified atom stereocenters. The Bertz CT molecular complexity index is 1500. The summed E-state index contributed by atoms with van der Waals surface area (Å²) in [4.78, 5) is 12.8. The van der Waals surface area contributed by atoms with Gasteiger partial charge in [0.1, 0.15) is 5.69 Å². The highest BCUT2D eigenvalue weighted by atomic mass is 19.4. The SMILES string of the molecule is Cc1ccc(C(=O)Nc2cccc(C(F)(F)F)c2)cc1-c1ccc2c(-c3cn[nH]c3)n[nH]c2c1. The number of nitrogens with one attached hydrogen (secondary N) is 3. The van der Waals surface area contributed by atoms with Gasteiger partial charge in [0.2, 0.25) is 0 Å². The number of rotatable bonds is 4. The van der Waals surface area contributed by atoms with Crippen LogP contribution in [0.1, 0.15) is 21.5 Å². The van der Waals surface area contributed by atoms with Crippen molar-refractivity contribution in [3.05, 3.63) is 89.7 Å². The van der Waals surface area contributed by atoms with Crippen LogP contribution in [-0.4, -0.2) is 26.3 Å². The second kappa shape index (κ2) is 8.18. The lowest BCUT2D eigenvalue weighted by Crippen LogP contribution is -2.13. The van der Waals surface area contributed by atoms with Crippen molar-refractivity contribution in [1.82, 2.24) is 20.4 Å². The Labute approximate surface area is 191 Å². The highest BCUT2D eigenvalue weighted by molar-refractivity contribution is 6.05. The van der Waals surface area contributed by atoms with E-state index in [9.17, 15) is 18.0 Å². The summed E-state index contributed by atoms with van der Waals surface area (Å²) in [5, 5.41) is 17.6. The smallest absolute Gasteiger partial charge is 0.322 e. The maximum atomic E-state index is 13.0. The Morgan fingerprint density at radius 1 is 1.00 bits per heavy atom. The Hall–Kier alpha value is -4.40. The van der Waals surface area contributed by atoms with E-state index in [1.54, 1.807) is 24.5 Å². The molecule has 0 bridgehead atoms. The van der Waals surface area contributed by atoms with Gasteiger partial charge in [-0.15, -0.1) is 0 Å². The van der Waals surface area contributed by atoms with E-state index < -0.39 is 17.6 Å². The third-order valence-corrected chi connectivity index (χ3v) is 5.59. The first-order chi connectivity index (χ1) is 16.3. The van der Waals surface area contributed by atoms with Crippen LogP contribution in [0, 0.1) is 6.92 Å². The van der Waals surface area contributed by atoms with Crippen molar-refractivity contribution in [1.29, 1.82) is 0 Å². The first kappa shape index (κ1) is 21.4. The largest absolute Gasteiger partial charge is 0.416 e. The van der Waals surface area contributed by atoms with Crippen LogP contribution in [0.25, 0.3) is 33.3 Å². The van der Waals surface area contributed by atoms with Gasteiger partial charge >= 0.3 is 6.18 Å². The number of alkyl halides is 3. The van der Waals surface area contributed by atoms with Gasteiger partial charge in [-0.2, -0.15) is 23.4 Å². The van der Waals surface area contributed by atoms with Gasteiger partial charge in [0.25, 0.3) is 5.91 Å². The van der Waals surface area contributed by atoms with E-state index in [1.165, 1.54) is 12.1 Å². The molecule has 5 rings (SSSR count). The lowest BCUT2D eigenvalue weighted by Gasteiger charge is -2.12. The number of nitrogens with zero attached hydrogens (tertiary/aromatic N) is 2. The maximum absolute atomic E-state index is 13.0. The normalized spacial score (nSPS) is 11.6. The Morgan fingerprint density at radius 2 is 1.85 bits per heavy atom. The summed E-state index contributed by atoms with van der Waals surface area (Å²) < 4.78 is 38.9. The number of aromatic amines is 2. The number of anilines is 1. The summed E-state index contributed by atoms with van der Waals surface area (Å²) in [6.07, 6.45) is -1.03. The minimum Gasteiger partial charge on any atom is -0.322 e. The molecule has 1 amide bonds. The van der Waals surface area contributed by atoms with E-state index in [1.807, 2.05) is 31.2 Å². The Morgan fingerprint density at radius 3 is 2.62 bits per heavy atom. The molecule has 0 saturated carbocycles. The van der Waals surface area contributed by atoms with Crippen LogP contribution in [0.3, 0.4) is 0 Å². The fourth-order valence-corrected chi connectivity index (χ4v) is 3.84. The van der Waals surface area contributed by atoms with Gasteiger partial charge in [0.15, 0.2) is 0 Å². The summed E-state index contributed by atoms with van der Waals surface area (Å²) in [6, 6.07) is 15.6. The van der Waals surface area contributed by atoms with Gasteiger partial charge in [0, 0.05) is 28.4 Å². The number of aryl methyl sites for hydroxylation is 1. The molecule has 170 valence electrons. The molecule has 5 aromatic rings. The van der Waals surface area contributed by atoms with Crippen molar-refractivity contribution in [3.63, 3.8) is 0 Å². The number of fused-ring (bicyclic) bond motifs is 1. The number of aromatic nitrogens is 4. The molecule has 2 heterocycles. The van der Waals surface area contributed by atoms with Crippen LogP contribution in [0.15, 0.2) is 73.1 Å². The van der Waals surface area contributed by atoms with E-state index in [4.69, 9.17) is 0 Å². The van der Waals surface area contributed by atoms with Crippen LogP contribution in [0.2, 0.25) is 0 Å². The second-order valence-corrected chi connectivity index (χ2v) is 7.88. The maximum Gasteiger partial charge on any atom is 0.416 e. The van der Waals surface area contributed by atoms with Crippen LogP contribution >= 0.6 is 0 Å². The number of carbonyl (C=O) groups is 1. The number of halogens is 3. The molecule has 0 aliphatic carbocycles. The molecule has 0 spiro atoms. The molecule has 3 aromatic carbocycles. The number of amides is 1. The van der Waals surface area contributed by atoms with Crippen molar-refractivity contribution in [2.75, 3.05) is 5.32 Å². The summed E-state index contributed by atoms with van der Waals surface area (Å²) in [6.45, 7) is 1.93. The van der Waals surface area contributed by atoms with E-state index in [0.29, 0.717) is 5.56 Å². The zero-order valence-electron chi connectivity index (χ0n) is 17.9. The predicted molar refractivity (Wildman–Crippen MR) is 123 cm³/mol. The van der Waals surface area contributed by atoms with Crippen molar-refractivity contribution in [2.24, 2.45) is 0 Å². The molecule has 34 heavy (non-hydrogen) atoms. The lowest BCUT2D eigenvalue weighted by molar-refractivity contribution is -0.137.